The highest BCUT2D eigenvalue weighted by atomic mass is 14.7. The molecule has 1 aromatic heterocycles. The highest BCUT2D eigenvalue weighted by Crippen LogP contribution is 2.31. The van der Waals surface area contributed by atoms with Crippen LogP contribution in [0.25, 0.3) is 10.9 Å². The second-order valence-corrected chi connectivity index (χ2v) is 5.44. The highest BCUT2D eigenvalue weighted by Gasteiger charge is 2.20. The van der Waals surface area contributed by atoms with Gasteiger partial charge in [-0.2, -0.15) is 0 Å². The fourth-order valence-electron chi connectivity index (χ4n) is 3.03. The molecule has 1 aliphatic carbocycles. The number of hydrogen-bond donors (Lipinski definition) is 2. The molecule has 3 N–H and O–H groups in total. The third-order valence-corrected chi connectivity index (χ3v) is 4.23. The smallest absolute Gasteiger partial charge is 0.123 e. The van der Waals surface area contributed by atoms with Crippen molar-refractivity contribution >= 4 is 16.7 Å². The summed E-state index contributed by atoms with van der Waals surface area (Å²) in [7, 11) is 0. The number of amidine groups is 1. The Morgan fingerprint density at radius 1 is 1.21 bits per heavy atom. The lowest BCUT2D eigenvalue weighted by molar-refractivity contribution is 0.670. The van der Waals surface area contributed by atoms with Crippen LogP contribution in [0.2, 0.25) is 0 Å². The van der Waals surface area contributed by atoms with Gasteiger partial charge in [0.1, 0.15) is 5.84 Å². The summed E-state index contributed by atoms with van der Waals surface area (Å²) in [4.78, 5) is 4.87. The van der Waals surface area contributed by atoms with Gasteiger partial charge in [0, 0.05) is 16.6 Å². The Kier molecular flexibility index (Phi) is 2.77. The Labute approximate surface area is 113 Å². The maximum atomic E-state index is 7.93. The summed E-state index contributed by atoms with van der Waals surface area (Å²) >= 11 is 0. The monoisotopic (exact) mass is 253 g/mol. The first-order valence-corrected chi connectivity index (χ1v) is 6.85. The van der Waals surface area contributed by atoms with Gasteiger partial charge in [-0.25, -0.2) is 0 Å². The number of benzene rings is 1. The maximum absolute atomic E-state index is 7.93. The van der Waals surface area contributed by atoms with E-state index in [1.165, 1.54) is 29.5 Å². The minimum atomic E-state index is 0.175. The van der Waals surface area contributed by atoms with Gasteiger partial charge in [-0.05, 0) is 56.2 Å². The van der Waals surface area contributed by atoms with Crippen molar-refractivity contribution < 1.29 is 0 Å². The number of fused-ring (bicyclic) bond motifs is 2. The molecule has 0 radical (unpaired) electrons. The molecule has 3 heteroatoms. The van der Waals surface area contributed by atoms with E-state index in [9.17, 15) is 0 Å². The summed E-state index contributed by atoms with van der Waals surface area (Å²) in [5, 5.41) is 8.97. The predicted molar refractivity (Wildman–Crippen MR) is 78.9 cm³/mol. The van der Waals surface area contributed by atoms with Crippen LogP contribution in [0.3, 0.4) is 0 Å². The fourth-order valence-corrected chi connectivity index (χ4v) is 3.03. The molecule has 1 aliphatic rings. The van der Waals surface area contributed by atoms with Crippen LogP contribution in [0.5, 0.6) is 0 Å². The van der Waals surface area contributed by atoms with Crippen molar-refractivity contribution in [1.82, 2.24) is 4.98 Å². The van der Waals surface area contributed by atoms with Crippen LogP contribution in [-0.2, 0) is 12.8 Å². The number of rotatable bonds is 1. The molecular formula is C16H19N3. The molecular weight excluding hydrogens is 234 g/mol. The second-order valence-electron chi connectivity index (χ2n) is 5.44. The molecule has 3 rings (SSSR count). The molecule has 0 fully saturated rings. The van der Waals surface area contributed by atoms with E-state index >= 15 is 0 Å². The van der Waals surface area contributed by atoms with Crippen molar-refractivity contribution in [1.29, 1.82) is 5.41 Å². The van der Waals surface area contributed by atoms with Crippen LogP contribution in [0.15, 0.2) is 12.1 Å². The largest absolute Gasteiger partial charge is 0.384 e. The van der Waals surface area contributed by atoms with E-state index in [1.54, 1.807) is 0 Å². The summed E-state index contributed by atoms with van der Waals surface area (Å²) in [5.41, 5.74) is 12.6. The predicted octanol–water partition coefficient (Wildman–Crippen LogP) is 3.01. The first-order chi connectivity index (χ1) is 9.09. The number of aromatic nitrogens is 1. The zero-order valence-corrected chi connectivity index (χ0v) is 11.5. The van der Waals surface area contributed by atoms with Gasteiger partial charge in [0.2, 0.25) is 0 Å². The summed E-state index contributed by atoms with van der Waals surface area (Å²) in [6.07, 6.45) is 4.37. The third-order valence-electron chi connectivity index (χ3n) is 4.23. The van der Waals surface area contributed by atoms with Gasteiger partial charge < -0.3 is 5.73 Å². The van der Waals surface area contributed by atoms with Crippen molar-refractivity contribution in [2.75, 3.05) is 0 Å². The minimum absolute atomic E-state index is 0.175. The lowest BCUT2D eigenvalue weighted by Gasteiger charge is -2.21. The molecule has 0 saturated carbocycles. The van der Waals surface area contributed by atoms with Crippen LogP contribution in [0.1, 0.15) is 40.8 Å². The molecule has 1 heterocycles. The van der Waals surface area contributed by atoms with E-state index in [0.29, 0.717) is 0 Å². The maximum Gasteiger partial charge on any atom is 0.123 e. The number of aryl methyl sites for hydroxylation is 3. The Hall–Kier alpha value is -1.90. The third kappa shape index (κ3) is 1.81. The first-order valence-electron chi connectivity index (χ1n) is 6.85. The van der Waals surface area contributed by atoms with Crippen LogP contribution < -0.4 is 5.73 Å². The summed E-state index contributed by atoms with van der Waals surface area (Å²) in [6, 6.07) is 4.16. The molecule has 3 nitrogen and oxygen atoms in total. The molecule has 2 aromatic rings. The average molecular weight is 253 g/mol. The number of nitrogen functional groups attached to an aromatic ring is 1. The molecule has 0 aliphatic heterocycles. The van der Waals surface area contributed by atoms with E-state index in [1.807, 2.05) is 0 Å². The van der Waals surface area contributed by atoms with E-state index in [4.69, 9.17) is 16.1 Å². The van der Waals surface area contributed by atoms with Crippen molar-refractivity contribution in [2.24, 2.45) is 5.73 Å². The molecule has 0 spiro atoms. The van der Waals surface area contributed by atoms with Crippen LogP contribution >= 0.6 is 0 Å². The zero-order chi connectivity index (χ0) is 13.6. The minimum Gasteiger partial charge on any atom is -0.384 e. The molecule has 0 amide bonds. The van der Waals surface area contributed by atoms with Crippen LogP contribution in [0.4, 0.5) is 0 Å². The van der Waals surface area contributed by atoms with Crippen LogP contribution in [-0.4, -0.2) is 10.8 Å². The molecule has 0 unspecified atom stereocenters. The summed E-state index contributed by atoms with van der Waals surface area (Å²) in [6.45, 7) is 4.20. The molecule has 0 saturated heterocycles. The Bertz CT molecular complexity index is 686. The number of nitrogens with zero attached hydrogens (tertiary/aromatic N) is 1. The lowest BCUT2D eigenvalue weighted by atomic mass is 9.88. The van der Waals surface area contributed by atoms with Crippen molar-refractivity contribution in [2.45, 2.75) is 39.5 Å². The second kappa shape index (κ2) is 4.34. The van der Waals surface area contributed by atoms with E-state index < -0.39 is 0 Å². The molecule has 19 heavy (non-hydrogen) atoms. The van der Waals surface area contributed by atoms with Gasteiger partial charge >= 0.3 is 0 Å². The normalized spacial score (nSPS) is 14.4. The van der Waals surface area contributed by atoms with E-state index in [0.717, 1.165) is 35.0 Å². The fraction of sp³-hybridized carbons (Fsp3) is 0.375. The Morgan fingerprint density at radius 2 is 1.95 bits per heavy atom. The van der Waals surface area contributed by atoms with Crippen molar-refractivity contribution in [3.63, 3.8) is 0 Å². The van der Waals surface area contributed by atoms with Gasteiger partial charge in [-0.3, -0.25) is 10.4 Å². The van der Waals surface area contributed by atoms with Crippen molar-refractivity contribution in [3.05, 3.63) is 40.1 Å². The number of hydrogen-bond acceptors (Lipinski definition) is 2. The van der Waals surface area contributed by atoms with E-state index in [-0.39, 0.29) is 5.84 Å². The number of nitrogens with one attached hydrogen (secondary N) is 1. The number of nitrogens with two attached hydrogens (primary N) is 1. The van der Waals surface area contributed by atoms with Gasteiger partial charge in [0.25, 0.3) is 0 Å². The Balaban J connectivity index is 2.45. The van der Waals surface area contributed by atoms with E-state index in [2.05, 4.69) is 26.0 Å². The lowest BCUT2D eigenvalue weighted by Crippen LogP contribution is -2.19. The zero-order valence-electron chi connectivity index (χ0n) is 11.5. The topological polar surface area (TPSA) is 62.8 Å². The van der Waals surface area contributed by atoms with Gasteiger partial charge in [-0.1, -0.05) is 12.1 Å². The molecule has 98 valence electrons. The summed E-state index contributed by atoms with van der Waals surface area (Å²) in [5.74, 6) is 0.175. The SMILES string of the molecule is Cc1ccc2c(C(=N)N)c3c(nc2c1C)CCCC3. The quantitative estimate of drug-likeness (QED) is 0.606. The van der Waals surface area contributed by atoms with Gasteiger partial charge in [-0.15, -0.1) is 0 Å². The van der Waals surface area contributed by atoms with Gasteiger partial charge in [0.05, 0.1) is 5.52 Å². The first kappa shape index (κ1) is 12.2. The average Bonchev–Trinajstić information content (AvgIpc) is 2.40. The Morgan fingerprint density at radius 3 is 2.68 bits per heavy atom. The van der Waals surface area contributed by atoms with Crippen molar-refractivity contribution in [3.8, 4) is 0 Å². The molecule has 0 atom stereocenters. The standard InChI is InChI=1S/C16H19N3/c1-9-7-8-12-14(16(17)18)11-5-3-4-6-13(11)19-15(12)10(9)2/h7-8H,3-6H2,1-2H3,(H3,17,18). The van der Waals surface area contributed by atoms with Crippen LogP contribution in [0, 0.1) is 19.3 Å². The summed E-state index contributed by atoms with van der Waals surface area (Å²) < 4.78 is 0. The molecule has 1 aromatic carbocycles. The highest BCUT2D eigenvalue weighted by molar-refractivity contribution is 6.09. The van der Waals surface area contributed by atoms with Gasteiger partial charge in [0.15, 0.2) is 0 Å². The molecule has 0 bridgehead atoms. The number of pyridine rings is 1.